The van der Waals surface area contributed by atoms with Gasteiger partial charge in [-0.25, -0.2) is 0 Å². The molecule has 2 unspecified atom stereocenters. The fraction of sp³-hybridized carbons (Fsp3) is 0.500. The van der Waals surface area contributed by atoms with Crippen LogP contribution in [0.5, 0.6) is 0 Å². The molecule has 2 saturated heterocycles. The SMILES string of the molecule is Br.Br.c1ccc(CN2CC3CC2CN3)cc1. The first-order chi connectivity index (χ1) is 6.92. The molecular formula is C12H18Br2N2. The van der Waals surface area contributed by atoms with E-state index in [1.54, 1.807) is 0 Å². The number of piperazine rings is 1. The summed E-state index contributed by atoms with van der Waals surface area (Å²) >= 11 is 0. The second kappa shape index (κ2) is 6.15. The summed E-state index contributed by atoms with van der Waals surface area (Å²) in [6.45, 7) is 3.56. The van der Waals surface area contributed by atoms with Gasteiger partial charge in [-0.2, -0.15) is 0 Å². The third kappa shape index (κ3) is 2.86. The van der Waals surface area contributed by atoms with Crippen molar-refractivity contribution in [2.75, 3.05) is 13.1 Å². The fourth-order valence-corrected chi connectivity index (χ4v) is 2.66. The first kappa shape index (κ1) is 14.2. The molecule has 0 radical (unpaired) electrons. The molecule has 1 aromatic rings. The summed E-state index contributed by atoms with van der Waals surface area (Å²) in [6, 6.07) is 12.3. The molecule has 2 heterocycles. The first-order valence-corrected chi connectivity index (χ1v) is 5.43. The van der Waals surface area contributed by atoms with Crippen LogP contribution >= 0.6 is 34.0 Å². The summed E-state index contributed by atoms with van der Waals surface area (Å²) in [7, 11) is 0. The van der Waals surface area contributed by atoms with Crippen molar-refractivity contribution >= 4 is 34.0 Å². The molecule has 2 aliphatic heterocycles. The van der Waals surface area contributed by atoms with E-state index in [0.717, 1.165) is 18.6 Å². The molecule has 0 spiro atoms. The lowest BCUT2D eigenvalue weighted by Gasteiger charge is -2.27. The highest BCUT2D eigenvalue weighted by atomic mass is 79.9. The van der Waals surface area contributed by atoms with Gasteiger partial charge in [0.1, 0.15) is 0 Å². The number of rotatable bonds is 2. The lowest BCUT2D eigenvalue weighted by atomic mass is 10.2. The Balaban J connectivity index is 0.000000640. The van der Waals surface area contributed by atoms with Gasteiger partial charge in [0.25, 0.3) is 0 Å². The number of hydrogen-bond acceptors (Lipinski definition) is 2. The molecule has 2 bridgehead atoms. The molecule has 3 rings (SSSR count). The first-order valence-electron chi connectivity index (χ1n) is 5.43. The van der Waals surface area contributed by atoms with E-state index in [0.29, 0.717) is 0 Å². The Labute approximate surface area is 118 Å². The number of hydrogen-bond donors (Lipinski definition) is 1. The molecule has 0 amide bonds. The molecule has 0 aliphatic carbocycles. The minimum atomic E-state index is 0. The highest BCUT2D eigenvalue weighted by Gasteiger charge is 2.36. The molecule has 2 nitrogen and oxygen atoms in total. The van der Waals surface area contributed by atoms with Crippen LogP contribution in [0.2, 0.25) is 0 Å². The Bertz CT molecular complexity index is 318. The van der Waals surface area contributed by atoms with Crippen molar-refractivity contribution in [2.45, 2.75) is 25.0 Å². The number of fused-ring (bicyclic) bond motifs is 2. The molecule has 1 aromatic carbocycles. The van der Waals surface area contributed by atoms with Crippen molar-refractivity contribution in [3.05, 3.63) is 35.9 Å². The summed E-state index contributed by atoms with van der Waals surface area (Å²) in [4.78, 5) is 2.61. The van der Waals surface area contributed by atoms with Gasteiger partial charge in [0.2, 0.25) is 0 Å². The van der Waals surface area contributed by atoms with Gasteiger partial charge in [0, 0.05) is 31.7 Å². The predicted molar refractivity (Wildman–Crippen MR) is 77.7 cm³/mol. The number of nitrogens with one attached hydrogen (secondary N) is 1. The molecular weight excluding hydrogens is 332 g/mol. The normalized spacial score (nSPS) is 27.2. The second-order valence-corrected chi connectivity index (χ2v) is 4.41. The molecule has 2 fully saturated rings. The van der Waals surface area contributed by atoms with E-state index >= 15 is 0 Å². The topological polar surface area (TPSA) is 15.3 Å². The third-order valence-corrected chi connectivity index (χ3v) is 3.40. The Morgan fingerprint density at radius 1 is 1.19 bits per heavy atom. The van der Waals surface area contributed by atoms with Crippen molar-refractivity contribution in [2.24, 2.45) is 0 Å². The van der Waals surface area contributed by atoms with Crippen molar-refractivity contribution < 1.29 is 0 Å². The quantitative estimate of drug-likeness (QED) is 0.881. The smallest absolute Gasteiger partial charge is 0.0240 e. The number of nitrogens with zero attached hydrogens (tertiary/aromatic N) is 1. The Morgan fingerprint density at radius 2 is 1.94 bits per heavy atom. The van der Waals surface area contributed by atoms with Gasteiger partial charge in [0.15, 0.2) is 0 Å². The Kier molecular flexibility index (Phi) is 5.44. The van der Waals surface area contributed by atoms with E-state index in [1.165, 1.54) is 25.1 Å². The molecule has 0 saturated carbocycles. The van der Waals surface area contributed by atoms with Crippen molar-refractivity contribution in [3.8, 4) is 0 Å². The van der Waals surface area contributed by atoms with Crippen LogP contribution in [0.3, 0.4) is 0 Å². The van der Waals surface area contributed by atoms with E-state index in [1.807, 2.05) is 0 Å². The van der Waals surface area contributed by atoms with Crippen LogP contribution in [-0.4, -0.2) is 30.1 Å². The van der Waals surface area contributed by atoms with Gasteiger partial charge in [-0.15, -0.1) is 34.0 Å². The van der Waals surface area contributed by atoms with Crippen LogP contribution in [-0.2, 0) is 6.54 Å². The molecule has 16 heavy (non-hydrogen) atoms. The molecule has 90 valence electrons. The van der Waals surface area contributed by atoms with Crippen molar-refractivity contribution in [1.82, 2.24) is 10.2 Å². The molecule has 2 atom stereocenters. The summed E-state index contributed by atoms with van der Waals surface area (Å²) < 4.78 is 0. The zero-order valence-corrected chi connectivity index (χ0v) is 12.6. The summed E-state index contributed by atoms with van der Waals surface area (Å²) in [5.41, 5.74) is 1.44. The average molecular weight is 350 g/mol. The van der Waals surface area contributed by atoms with Gasteiger partial charge in [-0.3, -0.25) is 4.90 Å². The Morgan fingerprint density at radius 3 is 2.50 bits per heavy atom. The maximum atomic E-state index is 3.53. The maximum Gasteiger partial charge on any atom is 0.0240 e. The highest BCUT2D eigenvalue weighted by Crippen LogP contribution is 2.24. The minimum absolute atomic E-state index is 0. The monoisotopic (exact) mass is 348 g/mol. The maximum absolute atomic E-state index is 3.53. The summed E-state index contributed by atoms with van der Waals surface area (Å²) in [5.74, 6) is 0. The largest absolute Gasteiger partial charge is 0.311 e. The second-order valence-electron chi connectivity index (χ2n) is 4.41. The van der Waals surface area contributed by atoms with Crippen molar-refractivity contribution in [3.63, 3.8) is 0 Å². The minimum Gasteiger partial charge on any atom is -0.311 e. The highest BCUT2D eigenvalue weighted by molar-refractivity contribution is 8.93. The van der Waals surface area contributed by atoms with E-state index < -0.39 is 0 Å². The Hall–Kier alpha value is 0.100. The number of benzene rings is 1. The average Bonchev–Trinajstić information content (AvgIpc) is 2.81. The third-order valence-electron chi connectivity index (χ3n) is 3.40. The van der Waals surface area contributed by atoms with E-state index in [9.17, 15) is 0 Å². The lowest BCUT2D eigenvalue weighted by molar-refractivity contribution is 0.218. The van der Waals surface area contributed by atoms with Crippen LogP contribution in [0.25, 0.3) is 0 Å². The van der Waals surface area contributed by atoms with Crippen LogP contribution in [0.15, 0.2) is 30.3 Å². The van der Waals surface area contributed by atoms with Crippen LogP contribution < -0.4 is 5.32 Å². The van der Waals surface area contributed by atoms with Crippen LogP contribution in [0, 0.1) is 0 Å². The summed E-state index contributed by atoms with van der Waals surface area (Å²) in [6.07, 6.45) is 1.35. The lowest BCUT2D eigenvalue weighted by Crippen LogP contribution is -2.42. The van der Waals surface area contributed by atoms with Crippen LogP contribution in [0.1, 0.15) is 12.0 Å². The van der Waals surface area contributed by atoms with E-state index in [2.05, 4.69) is 40.5 Å². The van der Waals surface area contributed by atoms with Gasteiger partial charge < -0.3 is 5.32 Å². The molecule has 2 aliphatic rings. The van der Waals surface area contributed by atoms with Crippen LogP contribution in [0.4, 0.5) is 0 Å². The van der Waals surface area contributed by atoms with Gasteiger partial charge in [-0.05, 0) is 12.0 Å². The fourth-order valence-electron chi connectivity index (χ4n) is 2.66. The zero-order valence-electron chi connectivity index (χ0n) is 9.13. The van der Waals surface area contributed by atoms with Gasteiger partial charge in [0.05, 0.1) is 0 Å². The molecule has 4 heteroatoms. The molecule has 1 N–H and O–H groups in total. The van der Waals surface area contributed by atoms with E-state index in [4.69, 9.17) is 0 Å². The van der Waals surface area contributed by atoms with E-state index in [-0.39, 0.29) is 34.0 Å². The predicted octanol–water partition coefficient (Wildman–Crippen LogP) is 2.39. The van der Waals surface area contributed by atoms with Gasteiger partial charge in [-0.1, -0.05) is 30.3 Å². The summed E-state index contributed by atoms with van der Waals surface area (Å²) in [5, 5.41) is 3.53. The van der Waals surface area contributed by atoms with Crippen molar-refractivity contribution in [1.29, 1.82) is 0 Å². The number of halogens is 2. The van der Waals surface area contributed by atoms with Gasteiger partial charge >= 0.3 is 0 Å². The number of likely N-dealkylation sites (tertiary alicyclic amines) is 1. The standard InChI is InChI=1S/C12H16N2.2BrH/c1-2-4-10(5-3-1)8-14-9-11-6-12(14)7-13-11;;/h1-5,11-13H,6-9H2;2*1H. The zero-order chi connectivity index (χ0) is 9.38. The molecule has 0 aromatic heterocycles.